The van der Waals surface area contributed by atoms with E-state index < -0.39 is 0 Å². The lowest BCUT2D eigenvalue weighted by Gasteiger charge is -2.11. The highest BCUT2D eigenvalue weighted by Crippen LogP contribution is 2.34. The van der Waals surface area contributed by atoms with Crippen molar-refractivity contribution in [3.05, 3.63) is 53.2 Å². The standard InChI is InChI=1S/C17H15ClN2O/c1-3-11-10-14(13-6-4-5-9-19-13)20-17-12(11)7-8-15(21-2)16(17)18/h4-10H,3H2,1-2H3. The van der Waals surface area contributed by atoms with Gasteiger partial charge in [-0.2, -0.15) is 0 Å². The highest BCUT2D eigenvalue weighted by molar-refractivity contribution is 6.36. The normalized spacial score (nSPS) is 10.8. The monoisotopic (exact) mass is 298 g/mol. The summed E-state index contributed by atoms with van der Waals surface area (Å²) in [5.74, 6) is 0.636. The van der Waals surface area contributed by atoms with Gasteiger partial charge in [0.15, 0.2) is 0 Å². The quantitative estimate of drug-likeness (QED) is 0.713. The number of aryl methyl sites for hydroxylation is 1. The predicted octanol–water partition coefficient (Wildman–Crippen LogP) is 4.52. The maximum absolute atomic E-state index is 6.42. The molecule has 0 unspecified atom stereocenters. The molecule has 0 aliphatic rings. The van der Waals surface area contributed by atoms with Crippen LogP contribution in [0.15, 0.2) is 42.6 Å². The molecule has 0 N–H and O–H groups in total. The molecule has 0 radical (unpaired) electrons. The second kappa shape index (κ2) is 5.70. The zero-order valence-electron chi connectivity index (χ0n) is 11.9. The number of hydrogen-bond acceptors (Lipinski definition) is 3. The van der Waals surface area contributed by atoms with Crippen LogP contribution in [0.1, 0.15) is 12.5 Å². The van der Waals surface area contributed by atoms with Crippen molar-refractivity contribution < 1.29 is 4.74 Å². The molecule has 0 spiro atoms. The summed E-state index contributed by atoms with van der Waals surface area (Å²) in [6.45, 7) is 2.12. The lowest BCUT2D eigenvalue weighted by atomic mass is 10.0. The van der Waals surface area contributed by atoms with Crippen LogP contribution in [0.5, 0.6) is 5.75 Å². The van der Waals surface area contributed by atoms with Gasteiger partial charge in [-0.05, 0) is 42.3 Å². The minimum Gasteiger partial charge on any atom is -0.495 e. The molecule has 0 fully saturated rings. The van der Waals surface area contributed by atoms with Crippen LogP contribution in [-0.4, -0.2) is 17.1 Å². The minimum atomic E-state index is 0.544. The van der Waals surface area contributed by atoms with Gasteiger partial charge in [-0.25, -0.2) is 4.98 Å². The van der Waals surface area contributed by atoms with Gasteiger partial charge in [0.05, 0.1) is 24.0 Å². The number of ether oxygens (including phenoxy) is 1. The Bertz CT molecular complexity index is 788. The van der Waals surface area contributed by atoms with E-state index in [9.17, 15) is 0 Å². The fourth-order valence-corrected chi connectivity index (χ4v) is 2.69. The van der Waals surface area contributed by atoms with Crippen molar-refractivity contribution in [3.63, 3.8) is 0 Å². The van der Waals surface area contributed by atoms with E-state index in [-0.39, 0.29) is 0 Å². The number of aromatic nitrogens is 2. The Kier molecular flexibility index (Phi) is 3.76. The van der Waals surface area contributed by atoms with Crippen LogP contribution in [0.3, 0.4) is 0 Å². The van der Waals surface area contributed by atoms with Crippen molar-refractivity contribution in [2.24, 2.45) is 0 Å². The molecule has 4 heteroatoms. The van der Waals surface area contributed by atoms with Crippen molar-refractivity contribution in [3.8, 4) is 17.1 Å². The number of hydrogen-bond donors (Lipinski definition) is 0. The van der Waals surface area contributed by atoms with Crippen LogP contribution in [-0.2, 0) is 6.42 Å². The summed E-state index contributed by atoms with van der Waals surface area (Å²) in [5.41, 5.74) is 3.63. The molecule has 0 amide bonds. The smallest absolute Gasteiger partial charge is 0.139 e. The molecule has 1 aromatic carbocycles. The van der Waals surface area contributed by atoms with E-state index in [4.69, 9.17) is 16.3 Å². The summed E-state index contributed by atoms with van der Waals surface area (Å²) in [6, 6.07) is 11.8. The Morgan fingerprint density at radius 3 is 2.67 bits per heavy atom. The first-order valence-electron chi connectivity index (χ1n) is 6.82. The Morgan fingerprint density at radius 1 is 1.14 bits per heavy atom. The first kappa shape index (κ1) is 13.8. The van der Waals surface area contributed by atoms with E-state index in [1.807, 2.05) is 30.3 Å². The van der Waals surface area contributed by atoms with Crippen LogP contribution in [0.4, 0.5) is 0 Å². The average molecular weight is 299 g/mol. The number of fused-ring (bicyclic) bond motifs is 1. The molecule has 2 heterocycles. The summed E-state index contributed by atoms with van der Waals surface area (Å²) < 4.78 is 5.28. The van der Waals surface area contributed by atoms with Gasteiger partial charge in [0.25, 0.3) is 0 Å². The number of methoxy groups -OCH3 is 1. The number of halogens is 1. The number of benzene rings is 1. The third-order valence-corrected chi connectivity index (χ3v) is 3.86. The molecule has 0 atom stereocenters. The Labute approximate surface area is 128 Å². The van der Waals surface area contributed by atoms with E-state index in [0.717, 1.165) is 28.7 Å². The van der Waals surface area contributed by atoms with Crippen LogP contribution in [0.25, 0.3) is 22.3 Å². The summed E-state index contributed by atoms with van der Waals surface area (Å²) in [4.78, 5) is 9.05. The van der Waals surface area contributed by atoms with Gasteiger partial charge in [0, 0.05) is 11.6 Å². The summed E-state index contributed by atoms with van der Waals surface area (Å²) in [6.07, 6.45) is 2.67. The van der Waals surface area contributed by atoms with Gasteiger partial charge in [-0.1, -0.05) is 24.6 Å². The summed E-state index contributed by atoms with van der Waals surface area (Å²) >= 11 is 6.42. The largest absolute Gasteiger partial charge is 0.495 e. The molecule has 3 aromatic rings. The fourth-order valence-electron chi connectivity index (χ4n) is 2.41. The van der Waals surface area contributed by atoms with Gasteiger partial charge < -0.3 is 4.74 Å². The third-order valence-electron chi connectivity index (χ3n) is 3.50. The predicted molar refractivity (Wildman–Crippen MR) is 85.9 cm³/mol. The molecule has 0 saturated heterocycles. The second-order valence-electron chi connectivity index (χ2n) is 4.71. The molecule has 0 aliphatic heterocycles. The Morgan fingerprint density at radius 2 is 2.00 bits per heavy atom. The first-order valence-corrected chi connectivity index (χ1v) is 7.20. The third kappa shape index (κ3) is 2.45. The highest BCUT2D eigenvalue weighted by Gasteiger charge is 2.13. The molecule has 3 nitrogen and oxygen atoms in total. The molecule has 3 rings (SSSR count). The second-order valence-corrected chi connectivity index (χ2v) is 5.09. The van der Waals surface area contributed by atoms with E-state index >= 15 is 0 Å². The van der Waals surface area contributed by atoms with E-state index in [1.54, 1.807) is 13.3 Å². The maximum atomic E-state index is 6.42. The van der Waals surface area contributed by atoms with Crippen molar-refractivity contribution >= 4 is 22.5 Å². The van der Waals surface area contributed by atoms with Crippen LogP contribution >= 0.6 is 11.6 Å². The lowest BCUT2D eigenvalue weighted by Crippen LogP contribution is -1.95. The molecule has 21 heavy (non-hydrogen) atoms. The lowest BCUT2D eigenvalue weighted by molar-refractivity contribution is 0.415. The minimum absolute atomic E-state index is 0.544. The van der Waals surface area contributed by atoms with Gasteiger partial charge in [0.2, 0.25) is 0 Å². The van der Waals surface area contributed by atoms with Crippen molar-refractivity contribution in [2.75, 3.05) is 7.11 Å². The van der Waals surface area contributed by atoms with Crippen LogP contribution in [0, 0.1) is 0 Å². The van der Waals surface area contributed by atoms with E-state index in [1.165, 1.54) is 5.56 Å². The first-order chi connectivity index (χ1) is 10.2. The van der Waals surface area contributed by atoms with Crippen molar-refractivity contribution in [1.29, 1.82) is 0 Å². The number of rotatable bonds is 3. The van der Waals surface area contributed by atoms with E-state index in [2.05, 4.69) is 23.0 Å². The zero-order valence-corrected chi connectivity index (χ0v) is 12.7. The molecular weight excluding hydrogens is 284 g/mol. The number of nitrogens with zero attached hydrogens (tertiary/aromatic N) is 2. The van der Waals surface area contributed by atoms with Crippen molar-refractivity contribution in [1.82, 2.24) is 9.97 Å². The fraction of sp³-hybridized carbons (Fsp3) is 0.176. The summed E-state index contributed by atoms with van der Waals surface area (Å²) in [7, 11) is 1.61. The van der Waals surface area contributed by atoms with E-state index in [0.29, 0.717) is 10.8 Å². The zero-order chi connectivity index (χ0) is 14.8. The highest BCUT2D eigenvalue weighted by atomic mass is 35.5. The Balaban J connectivity index is 2.31. The van der Waals surface area contributed by atoms with Crippen LogP contribution in [0.2, 0.25) is 5.02 Å². The number of pyridine rings is 2. The maximum Gasteiger partial charge on any atom is 0.139 e. The topological polar surface area (TPSA) is 35.0 Å². The molecule has 0 bridgehead atoms. The van der Waals surface area contributed by atoms with Gasteiger partial charge in [-0.15, -0.1) is 0 Å². The van der Waals surface area contributed by atoms with Crippen molar-refractivity contribution in [2.45, 2.75) is 13.3 Å². The molecule has 0 aliphatic carbocycles. The SMILES string of the molecule is CCc1cc(-c2ccccn2)nc2c(Cl)c(OC)ccc12. The molecular formula is C17H15ClN2O. The van der Waals surface area contributed by atoms with Crippen LogP contribution < -0.4 is 4.74 Å². The summed E-state index contributed by atoms with van der Waals surface area (Å²) in [5, 5.41) is 1.60. The van der Waals surface area contributed by atoms with Gasteiger partial charge in [0.1, 0.15) is 10.8 Å². The molecule has 2 aromatic heterocycles. The van der Waals surface area contributed by atoms with Gasteiger partial charge >= 0.3 is 0 Å². The molecule has 106 valence electrons. The Hall–Kier alpha value is -2.13. The average Bonchev–Trinajstić information content (AvgIpc) is 2.55. The van der Waals surface area contributed by atoms with Gasteiger partial charge in [-0.3, -0.25) is 4.98 Å². The molecule has 0 saturated carbocycles.